The average molecular weight is 361 g/mol. The molecule has 6 nitrogen and oxygen atoms in total. The smallest absolute Gasteiger partial charge is 0.267 e. The summed E-state index contributed by atoms with van der Waals surface area (Å²) in [6.45, 7) is 0.448. The summed E-state index contributed by atoms with van der Waals surface area (Å²) < 4.78 is 29.6. The van der Waals surface area contributed by atoms with Crippen LogP contribution in [0.5, 0.6) is 0 Å². The van der Waals surface area contributed by atoms with Gasteiger partial charge in [0, 0.05) is 26.8 Å². The van der Waals surface area contributed by atoms with Crippen molar-refractivity contribution in [3.8, 4) is 0 Å². The summed E-state index contributed by atoms with van der Waals surface area (Å²) in [7, 11) is -0.528. The number of carbonyl (C=O) groups is 1. The third-order valence-electron chi connectivity index (χ3n) is 4.60. The molecule has 0 saturated carbocycles. The number of amides is 1. The van der Waals surface area contributed by atoms with Crippen LogP contribution in [0.2, 0.25) is 0 Å². The van der Waals surface area contributed by atoms with E-state index in [2.05, 4.69) is 5.32 Å². The first-order chi connectivity index (χ1) is 11.9. The van der Waals surface area contributed by atoms with Gasteiger partial charge < -0.3 is 9.88 Å². The van der Waals surface area contributed by atoms with Crippen LogP contribution in [0.15, 0.2) is 41.4 Å². The normalized spacial score (nSPS) is 15.2. The van der Waals surface area contributed by atoms with Gasteiger partial charge in [-0.2, -0.15) is 0 Å². The van der Waals surface area contributed by atoms with Crippen LogP contribution in [0.1, 0.15) is 35.3 Å². The van der Waals surface area contributed by atoms with E-state index in [1.807, 2.05) is 24.3 Å². The van der Waals surface area contributed by atoms with Gasteiger partial charge in [-0.1, -0.05) is 24.6 Å². The van der Waals surface area contributed by atoms with Gasteiger partial charge in [-0.3, -0.25) is 9.10 Å². The van der Waals surface area contributed by atoms with Crippen molar-refractivity contribution in [2.45, 2.75) is 30.6 Å². The number of benzene rings is 1. The molecule has 7 heteroatoms. The maximum Gasteiger partial charge on any atom is 0.267 e. The minimum atomic E-state index is -3.73. The number of carbonyl (C=O) groups excluding carboxylic acids is 1. The molecule has 0 radical (unpaired) electrons. The largest absolute Gasteiger partial charge is 0.354 e. The van der Waals surface area contributed by atoms with Gasteiger partial charge in [0.25, 0.3) is 15.9 Å². The van der Waals surface area contributed by atoms with Crippen LogP contribution in [0.4, 0.5) is 5.69 Å². The molecule has 1 aromatic heterocycles. The highest BCUT2D eigenvalue weighted by Crippen LogP contribution is 2.31. The Morgan fingerprint density at radius 2 is 1.92 bits per heavy atom. The monoisotopic (exact) mass is 361 g/mol. The maximum absolute atomic E-state index is 13.3. The van der Waals surface area contributed by atoms with Crippen molar-refractivity contribution in [1.29, 1.82) is 0 Å². The zero-order valence-corrected chi connectivity index (χ0v) is 15.3. The summed E-state index contributed by atoms with van der Waals surface area (Å²) in [5.74, 6) is -0.308. The molecule has 0 atom stereocenters. The third kappa shape index (κ3) is 3.28. The van der Waals surface area contributed by atoms with E-state index in [1.54, 1.807) is 11.6 Å². The molecule has 0 unspecified atom stereocenters. The van der Waals surface area contributed by atoms with E-state index < -0.39 is 10.0 Å². The van der Waals surface area contributed by atoms with Crippen LogP contribution in [-0.2, 0) is 23.5 Å². The second-order valence-electron chi connectivity index (χ2n) is 6.27. The molecule has 3 rings (SSSR count). The lowest BCUT2D eigenvalue weighted by Gasteiger charge is -2.28. The highest BCUT2D eigenvalue weighted by Gasteiger charge is 2.29. The maximum atomic E-state index is 13.3. The first kappa shape index (κ1) is 17.5. The lowest BCUT2D eigenvalue weighted by atomic mass is 10.0. The SMILES string of the molecule is CNC(=O)c1cc(S(=O)(=O)N2CCCCCc3ccccc32)cn1C. The zero-order valence-electron chi connectivity index (χ0n) is 14.5. The standard InChI is InChI=1S/C18H23N3O3S/c1-19-18(22)17-12-15(13-20(17)2)25(23,24)21-11-7-3-4-8-14-9-5-6-10-16(14)21/h5-6,9-10,12-13H,3-4,7-8,11H2,1-2H3,(H,19,22). The number of nitrogens with zero attached hydrogens (tertiary/aromatic N) is 2. The van der Waals surface area contributed by atoms with E-state index in [4.69, 9.17) is 0 Å². The highest BCUT2D eigenvalue weighted by molar-refractivity contribution is 7.92. The van der Waals surface area contributed by atoms with Crippen molar-refractivity contribution in [3.05, 3.63) is 47.8 Å². The quantitative estimate of drug-likeness (QED) is 0.912. The Morgan fingerprint density at radius 3 is 2.68 bits per heavy atom. The zero-order chi connectivity index (χ0) is 18.0. The van der Waals surface area contributed by atoms with E-state index in [-0.39, 0.29) is 10.8 Å². The number of sulfonamides is 1. The molecular weight excluding hydrogens is 338 g/mol. The molecule has 0 aliphatic carbocycles. The predicted octanol–water partition coefficient (Wildman–Crippen LogP) is 2.31. The van der Waals surface area contributed by atoms with E-state index in [0.29, 0.717) is 12.2 Å². The number of hydrogen-bond donors (Lipinski definition) is 1. The fourth-order valence-corrected chi connectivity index (χ4v) is 4.85. The molecule has 25 heavy (non-hydrogen) atoms. The molecule has 0 saturated heterocycles. The molecule has 1 aliphatic rings. The third-order valence-corrected chi connectivity index (χ3v) is 6.37. The average Bonchev–Trinajstić information content (AvgIpc) is 2.97. The summed E-state index contributed by atoms with van der Waals surface area (Å²) in [6, 6.07) is 9.10. The minimum Gasteiger partial charge on any atom is -0.354 e. The number of para-hydroxylation sites is 1. The van der Waals surface area contributed by atoms with Gasteiger partial charge in [0.15, 0.2) is 0 Å². The molecule has 1 N–H and O–H groups in total. The van der Waals surface area contributed by atoms with Crippen molar-refractivity contribution >= 4 is 21.6 Å². The van der Waals surface area contributed by atoms with Gasteiger partial charge >= 0.3 is 0 Å². The van der Waals surface area contributed by atoms with Crippen molar-refractivity contribution in [2.24, 2.45) is 7.05 Å². The fraction of sp³-hybridized carbons (Fsp3) is 0.389. The second kappa shape index (κ2) is 6.92. The number of nitrogens with one attached hydrogen (secondary N) is 1. The predicted molar refractivity (Wildman–Crippen MR) is 97.3 cm³/mol. The van der Waals surface area contributed by atoms with Crippen LogP contribution >= 0.6 is 0 Å². The molecule has 2 aromatic rings. The highest BCUT2D eigenvalue weighted by atomic mass is 32.2. The summed E-state index contributed by atoms with van der Waals surface area (Å²) >= 11 is 0. The number of aromatic nitrogens is 1. The summed E-state index contributed by atoms with van der Waals surface area (Å²) in [5.41, 5.74) is 2.11. The first-order valence-electron chi connectivity index (χ1n) is 8.44. The van der Waals surface area contributed by atoms with Gasteiger partial charge in [-0.05, 0) is 37.0 Å². The van der Waals surface area contributed by atoms with Gasteiger partial charge in [0.05, 0.1) is 5.69 Å². The van der Waals surface area contributed by atoms with Crippen LogP contribution in [-0.4, -0.2) is 32.5 Å². The summed E-state index contributed by atoms with van der Waals surface area (Å²) in [4.78, 5) is 12.1. The minimum absolute atomic E-state index is 0.143. The number of fused-ring (bicyclic) bond motifs is 1. The molecule has 0 spiro atoms. The van der Waals surface area contributed by atoms with Crippen molar-refractivity contribution < 1.29 is 13.2 Å². The number of anilines is 1. The first-order valence-corrected chi connectivity index (χ1v) is 9.88. The van der Waals surface area contributed by atoms with E-state index in [0.717, 1.165) is 36.9 Å². The second-order valence-corrected chi connectivity index (χ2v) is 8.13. The van der Waals surface area contributed by atoms with E-state index in [1.165, 1.54) is 23.6 Å². The van der Waals surface area contributed by atoms with Crippen LogP contribution in [0.3, 0.4) is 0 Å². The Labute approximate surface area is 148 Å². The molecule has 0 fully saturated rings. The Hall–Kier alpha value is -2.28. The topological polar surface area (TPSA) is 71.4 Å². The van der Waals surface area contributed by atoms with Gasteiger partial charge in [-0.15, -0.1) is 0 Å². The van der Waals surface area contributed by atoms with Gasteiger partial charge in [0.2, 0.25) is 0 Å². The molecule has 134 valence electrons. The van der Waals surface area contributed by atoms with Crippen LogP contribution in [0, 0.1) is 0 Å². The molecule has 1 amide bonds. The number of hydrogen-bond acceptors (Lipinski definition) is 3. The molecule has 2 heterocycles. The Morgan fingerprint density at radius 1 is 1.16 bits per heavy atom. The molecule has 0 bridgehead atoms. The van der Waals surface area contributed by atoms with E-state index >= 15 is 0 Å². The Balaban J connectivity index is 2.07. The lowest BCUT2D eigenvalue weighted by molar-refractivity contribution is 0.0955. The molecule has 1 aromatic carbocycles. The van der Waals surface area contributed by atoms with Crippen molar-refractivity contribution in [3.63, 3.8) is 0 Å². The fourth-order valence-electron chi connectivity index (χ4n) is 3.24. The summed E-state index contributed by atoms with van der Waals surface area (Å²) in [5, 5.41) is 2.53. The van der Waals surface area contributed by atoms with Crippen molar-refractivity contribution in [2.75, 3.05) is 17.9 Å². The number of aryl methyl sites for hydroxylation is 2. The van der Waals surface area contributed by atoms with Gasteiger partial charge in [0.1, 0.15) is 10.6 Å². The molecule has 1 aliphatic heterocycles. The molecular formula is C18H23N3O3S. The van der Waals surface area contributed by atoms with Crippen molar-refractivity contribution in [1.82, 2.24) is 9.88 Å². The van der Waals surface area contributed by atoms with E-state index in [9.17, 15) is 13.2 Å². The Bertz CT molecular complexity index is 887. The lowest BCUT2D eigenvalue weighted by Crippen LogP contribution is -2.33. The van der Waals surface area contributed by atoms with Gasteiger partial charge in [-0.25, -0.2) is 8.42 Å². The Kier molecular flexibility index (Phi) is 4.85. The number of rotatable bonds is 3. The summed E-state index contributed by atoms with van der Waals surface area (Å²) in [6.07, 6.45) is 5.26. The van der Waals surface area contributed by atoms with Crippen LogP contribution in [0.25, 0.3) is 0 Å². The van der Waals surface area contributed by atoms with Crippen LogP contribution < -0.4 is 9.62 Å².